The lowest BCUT2D eigenvalue weighted by atomic mass is 10.1. The maximum absolute atomic E-state index is 8.62. The maximum Gasteiger partial charge on any atom is 0.0638 e. The molecule has 0 N–H and O–H groups in total. The highest BCUT2D eigenvalue weighted by atomic mass is 16.5. The zero-order chi connectivity index (χ0) is 9.52. The molecule has 3 nitrogen and oxygen atoms in total. The summed E-state index contributed by atoms with van der Waals surface area (Å²) in [5.41, 5.74) is 0. The van der Waals surface area contributed by atoms with Crippen LogP contribution in [-0.2, 0) is 4.74 Å². The van der Waals surface area contributed by atoms with Crippen LogP contribution in [0, 0.1) is 23.7 Å². The van der Waals surface area contributed by atoms with Gasteiger partial charge in [-0.05, 0) is 0 Å². The minimum Gasteiger partial charge on any atom is -0.379 e. The molecule has 3 heteroatoms. The predicted molar refractivity (Wildman–Crippen MR) is 49.9 cm³/mol. The molecule has 0 saturated carbocycles. The molecule has 1 heterocycles. The fourth-order valence-electron chi connectivity index (χ4n) is 1.51. The van der Waals surface area contributed by atoms with E-state index in [2.05, 4.69) is 16.9 Å². The van der Waals surface area contributed by atoms with Crippen molar-refractivity contribution in [2.24, 2.45) is 0 Å². The Balaban J connectivity index is 2.43. The number of nitrogens with zero attached hydrogens (tertiary/aromatic N) is 2. The van der Waals surface area contributed by atoms with Crippen molar-refractivity contribution in [2.75, 3.05) is 26.3 Å². The lowest BCUT2D eigenvalue weighted by Crippen LogP contribution is -2.43. The second kappa shape index (κ2) is 5.59. The van der Waals surface area contributed by atoms with Crippen molar-refractivity contribution in [3.05, 3.63) is 0 Å². The molecule has 0 amide bonds. The van der Waals surface area contributed by atoms with Gasteiger partial charge in [0.1, 0.15) is 0 Å². The summed E-state index contributed by atoms with van der Waals surface area (Å²) in [6.45, 7) is 3.31. The minimum atomic E-state index is 0.221. The first-order chi connectivity index (χ1) is 6.38. The lowest BCUT2D eigenvalue weighted by Gasteiger charge is -2.32. The van der Waals surface area contributed by atoms with Crippen LogP contribution in [0.4, 0.5) is 0 Å². The van der Waals surface area contributed by atoms with Gasteiger partial charge in [0.25, 0.3) is 0 Å². The van der Waals surface area contributed by atoms with E-state index in [1.807, 2.05) is 0 Å². The van der Waals surface area contributed by atoms with E-state index in [1.54, 1.807) is 0 Å². The largest absolute Gasteiger partial charge is 0.379 e. The first kappa shape index (κ1) is 10.1. The molecule has 0 aromatic carbocycles. The predicted octanol–water partition coefficient (Wildman–Crippen LogP) is 0.624. The van der Waals surface area contributed by atoms with Gasteiger partial charge in [0, 0.05) is 25.6 Å². The summed E-state index contributed by atoms with van der Waals surface area (Å²) in [4.78, 5) is 2.24. The lowest BCUT2D eigenvalue weighted by molar-refractivity contribution is 0.0185. The van der Waals surface area contributed by atoms with Gasteiger partial charge in [-0.2, -0.15) is 5.26 Å². The normalized spacial score (nSPS) is 20.2. The summed E-state index contributed by atoms with van der Waals surface area (Å²) in [5.74, 6) is 2.62. The van der Waals surface area contributed by atoms with Gasteiger partial charge in [-0.3, -0.25) is 4.90 Å². The zero-order valence-corrected chi connectivity index (χ0v) is 7.70. The van der Waals surface area contributed by atoms with Crippen LogP contribution in [0.2, 0.25) is 0 Å². The van der Waals surface area contributed by atoms with Crippen LogP contribution in [-0.4, -0.2) is 37.2 Å². The third kappa shape index (κ3) is 3.06. The monoisotopic (exact) mass is 178 g/mol. The number of ether oxygens (including phenoxy) is 1. The fraction of sp³-hybridized carbons (Fsp3) is 0.700. The highest BCUT2D eigenvalue weighted by molar-refractivity contribution is 4.94. The standard InChI is InChI=1S/C10H14N2O/c1-2-3-10(4-5-11)12-6-8-13-9-7-12/h1,10H,3-4,6-9H2. The molecule has 1 unspecified atom stereocenters. The first-order valence-electron chi connectivity index (χ1n) is 4.50. The van der Waals surface area contributed by atoms with Gasteiger partial charge in [0.05, 0.1) is 25.7 Å². The number of hydrogen-bond acceptors (Lipinski definition) is 3. The van der Waals surface area contributed by atoms with E-state index in [1.165, 1.54) is 0 Å². The maximum atomic E-state index is 8.62. The summed E-state index contributed by atoms with van der Waals surface area (Å²) in [5, 5.41) is 8.62. The Morgan fingerprint density at radius 1 is 1.38 bits per heavy atom. The van der Waals surface area contributed by atoms with Gasteiger partial charge in [-0.1, -0.05) is 0 Å². The van der Waals surface area contributed by atoms with E-state index in [0.717, 1.165) is 26.3 Å². The topological polar surface area (TPSA) is 36.3 Å². The van der Waals surface area contributed by atoms with E-state index >= 15 is 0 Å². The molecule has 0 bridgehead atoms. The van der Waals surface area contributed by atoms with E-state index in [0.29, 0.717) is 12.8 Å². The van der Waals surface area contributed by atoms with Crippen LogP contribution >= 0.6 is 0 Å². The molecule has 0 aliphatic carbocycles. The molecule has 0 aromatic rings. The summed E-state index contributed by atoms with van der Waals surface area (Å²) in [6.07, 6.45) is 6.43. The zero-order valence-electron chi connectivity index (χ0n) is 7.70. The van der Waals surface area contributed by atoms with Gasteiger partial charge in [0.15, 0.2) is 0 Å². The van der Waals surface area contributed by atoms with Gasteiger partial charge in [-0.25, -0.2) is 0 Å². The van der Waals surface area contributed by atoms with Crippen LogP contribution in [0.25, 0.3) is 0 Å². The Bertz CT molecular complexity index is 204. The average molecular weight is 178 g/mol. The van der Waals surface area contributed by atoms with E-state index < -0.39 is 0 Å². The Hall–Kier alpha value is -1.03. The van der Waals surface area contributed by atoms with Crippen molar-refractivity contribution in [1.29, 1.82) is 5.26 Å². The highest BCUT2D eigenvalue weighted by Crippen LogP contribution is 2.10. The van der Waals surface area contributed by atoms with Crippen molar-refractivity contribution >= 4 is 0 Å². The van der Waals surface area contributed by atoms with Crippen molar-refractivity contribution in [3.8, 4) is 18.4 Å². The number of terminal acetylenes is 1. The average Bonchev–Trinajstić information content (AvgIpc) is 2.19. The van der Waals surface area contributed by atoms with Crippen LogP contribution in [0.3, 0.4) is 0 Å². The molecular formula is C10H14N2O. The number of nitriles is 1. The Morgan fingerprint density at radius 2 is 2.08 bits per heavy atom. The summed E-state index contributed by atoms with van der Waals surface area (Å²) >= 11 is 0. The number of rotatable bonds is 3. The number of morpholine rings is 1. The van der Waals surface area contributed by atoms with Gasteiger partial charge in [-0.15, -0.1) is 12.3 Å². The van der Waals surface area contributed by atoms with Gasteiger partial charge in [0.2, 0.25) is 0 Å². The minimum absolute atomic E-state index is 0.221. The van der Waals surface area contributed by atoms with Crippen molar-refractivity contribution in [2.45, 2.75) is 18.9 Å². The molecule has 1 rings (SSSR count). The Kier molecular flexibility index (Phi) is 4.32. The quantitative estimate of drug-likeness (QED) is 0.594. The van der Waals surface area contributed by atoms with Crippen LogP contribution < -0.4 is 0 Å². The van der Waals surface area contributed by atoms with E-state index in [-0.39, 0.29) is 6.04 Å². The van der Waals surface area contributed by atoms with Crippen LogP contribution in [0.1, 0.15) is 12.8 Å². The first-order valence-corrected chi connectivity index (χ1v) is 4.50. The highest BCUT2D eigenvalue weighted by Gasteiger charge is 2.19. The van der Waals surface area contributed by atoms with Crippen molar-refractivity contribution < 1.29 is 4.74 Å². The summed E-state index contributed by atoms with van der Waals surface area (Å²) < 4.78 is 5.23. The van der Waals surface area contributed by atoms with Gasteiger partial charge >= 0.3 is 0 Å². The molecule has 0 radical (unpaired) electrons. The molecule has 0 aromatic heterocycles. The third-order valence-corrected chi connectivity index (χ3v) is 2.24. The van der Waals surface area contributed by atoms with Crippen LogP contribution in [0.15, 0.2) is 0 Å². The molecule has 1 fully saturated rings. The molecular weight excluding hydrogens is 164 g/mol. The molecule has 1 atom stereocenters. The van der Waals surface area contributed by atoms with E-state index in [9.17, 15) is 0 Å². The second-order valence-corrected chi connectivity index (χ2v) is 3.07. The molecule has 0 spiro atoms. The molecule has 1 aliphatic rings. The van der Waals surface area contributed by atoms with Crippen molar-refractivity contribution in [3.63, 3.8) is 0 Å². The summed E-state index contributed by atoms with van der Waals surface area (Å²) in [6, 6.07) is 2.39. The molecule has 1 aliphatic heterocycles. The molecule has 70 valence electrons. The molecule has 1 saturated heterocycles. The smallest absolute Gasteiger partial charge is 0.0638 e. The Labute approximate surface area is 79.3 Å². The van der Waals surface area contributed by atoms with Crippen LogP contribution in [0.5, 0.6) is 0 Å². The van der Waals surface area contributed by atoms with E-state index in [4.69, 9.17) is 16.4 Å². The summed E-state index contributed by atoms with van der Waals surface area (Å²) in [7, 11) is 0. The molecule has 13 heavy (non-hydrogen) atoms. The Morgan fingerprint density at radius 3 is 2.62 bits per heavy atom. The second-order valence-electron chi connectivity index (χ2n) is 3.07. The SMILES string of the molecule is C#CCC(CC#N)N1CCOCC1. The van der Waals surface area contributed by atoms with Gasteiger partial charge < -0.3 is 4.74 Å². The fourth-order valence-corrected chi connectivity index (χ4v) is 1.51. The third-order valence-electron chi connectivity index (χ3n) is 2.24. The number of hydrogen-bond donors (Lipinski definition) is 0. The van der Waals surface area contributed by atoms with Crippen molar-refractivity contribution in [1.82, 2.24) is 4.90 Å².